The number of aliphatic hydroxyl groups excluding tert-OH is 1. The van der Waals surface area contributed by atoms with E-state index in [1.807, 2.05) is 45.0 Å². The topological polar surface area (TPSA) is 61.8 Å². The molecule has 0 radical (unpaired) electrons. The Morgan fingerprint density at radius 3 is 2.70 bits per heavy atom. The first-order valence-corrected chi connectivity index (χ1v) is 8.28. The summed E-state index contributed by atoms with van der Waals surface area (Å²) in [6.07, 6.45) is 1.78. The lowest BCUT2D eigenvalue weighted by Gasteiger charge is -2.34. The molecule has 1 fully saturated rings. The van der Waals surface area contributed by atoms with Gasteiger partial charge in [0.2, 0.25) is 0 Å². The van der Waals surface area contributed by atoms with Crippen LogP contribution in [0.1, 0.15) is 44.7 Å². The number of nitrogens with zero attached hydrogens (tertiary/aromatic N) is 1. The van der Waals surface area contributed by atoms with Crippen molar-refractivity contribution in [3.8, 4) is 0 Å². The van der Waals surface area contributed by atoms with E-state index >= 15 is 0 Å². The lowest BCUT2D eigenvalue weighted by molar-refractivity contribution is 0.0187. The molecule has 1 aliphatic rings. The average molecular weight is 320 g/mol. The van der Waals surface area contributed by atoms with Crippen LogP contribution in [0.4, 0.5) is 4.79 Å². The number of ether oxygens (including phenoxy) is 1. The van der Waals surface area contributed by atoms with Crippen molar-refractivity contribution in [1.82, 2.24) is 10.2 Å². The van der Waals surface area contributed by atoms with Gasteiger partial charge in [0.25, 0.3) is 0 Å². The molecule has 0 saturated carbocycles. The van der Waals surface area contributed by atoms with E-state index in [4.69, 9.17) is 4.74 Å². The van der Waals surface area contributed by atoms with Crippen LogP contribution in [0.3, 0.4) is 0 Å². The number of rotatable bonds is 4. The van der Waals surface area contributed by atoms with Crippen molar-refractivity contribution in [3.63, 3.8) is 0 Å². The van der Waals surface area contributed by atoms with Gasteiger partial charge in [-0.15, -0.1) is 0 Å². The molecule has 5 nitrogen and oxygen atoms in total. The van der Waals surface area contributed by atoms with Crippen LogP contribution in [0, 0.1) is 0 Å². The lowest BCUT2D eigenvalue weighted by Crippen LogP contribution is -2.49. The number of carbonyl (C=O) groups is 1. The van der Waals surface area contributed by atoms with Crippen LogP contribution in [0.25, 0.3) is 0 Å². The first-order chi connectivity index (χ1) is 10.9. The van der Waals surface area contributed by atoms with Gasteiger partial charge in [0, 0.05) is 25.7 Å². The van der Waals surface area contributed by atoms with Crippen LogP contribution in [0.15, 0.2) is 24.3 Å². The van der Waals surface area contributed by atoms with E-state index < -0.39 is 5.60 Å². The second-order valence-electron chi connectivity index (χ2n) is 7.07. The molecule has 1 aromatic rings. The summed E-state index contributed by atoms with van der Waals surface area (Å²) in [5.74, 6) is 0. The Labute approximate surface area is 138 Å². The Hall–Kier alpha value is -1.59. The van der Waals surface area contributed by atoms with E-state index in [0.717, 1.165) is 30.5 Å². The Morgan fingerprint density at radius 2 is 2.04 bits per heavy atom. The third-order valence-corrected chi connectivity index (χ3v) is 3.94. The van der Waals surface area contributed by atoms with Gasteiger partial charge in [0.05, 0.1) is 6.61 Å². The molecule has 1 saturated heterocycles. The van der Waals surface area contributed by atoms with E-state index in [-0.39, 0.29) is 18.7 Å². The summed E-state index contributed by atoms with van der Waals surface area (Å²) < 4.78 is 5.45. The summed E-state index contributed by atoms with van der Waals surface area (Å²) in [5, 5.41) is 12.9. The number of hydrogen-bond donors (Lipinski definition) is 2. The van der Waals surface area contributed by atoms with Gasteiger partial charge in [-0.05, 0) is 44.7 Å². The maximum atomic E-state index is 12.2. The highest BCUT2D eigenvalue weighted by Crippen LogP contribution is 2.16. The van der Waals surface area contributed by atoms with Crippen molar-refractivity contribution in [2.75, 3.05) is 13.1 Å². The molecule has 1 aromatic carbocycles. The third kappa shape index (κ3) is 5.52. The molecule has 2 N–H and O–H groups in total. The van der Waals surface area contributed by atoms with Crippen molar-refractivity contribution in [2.24, 2.45) is 0 Å². The van der Waals surface area contributed by atoms with Crippen LogP contribution in [0.2, 0.25) is 0 Å². The van der Waals surface area contributed by atoms with Crippen molar-refractivity contribution in [2.45, 2.75) is 58.4 Å². The number of hydrogen-bond acceptors (Lipinski definition) is 4. The summed E-state index contributed by atoms with van der Waals surface area (Å²) >= 11 is 0. The SMILES string of the molecule is CC(C)(C)OC(=O)N1CCC[C@H](NCc2ccccc2CO)C1. The number of carbonyl (C=O) groups excluding carboxylic acids is 1. The summed E-state index contributed by atoms with van der Waals surface area (Å²) in [5.41, 5.74) is 1.58. The fourth-order valence-electron chi connectivity index (χ4n) is 2.77. The fourth-order valence-corrected chi connectivity index (χ4v) is 2.77. The monoisotopic (exact) mass is 320 g/mol. The molecule has 5 heteroatoms. The van der Waals surface area contributed by atoms with E-state index in [1.54, 1.807) is 4.90 Å². The summed E-state index contributed by atoms with van der Waals surface area (Å²) in [7, 11) is 0. The minimum atomic E-state index is -0.461. The molecule has 128 valence electrons. The van der Waals surface area contributed by atoms with Crippen molar-refractivity contribution < 1.29 is 14.6 Å². The number of likely N-dealkylation sites (tertiary alicyclic amines) is 1. The molecule has 0 unspecified atom stereocenters. The molecule has 1 aliphatic heterocycles. The smallest absolute Gasteiger partial charge is 0.410 e. The van der Waals surface area contributed by atoms with E-state index in [9.17, 15) is 9.90 Å². The molecule has 23 heavy (non-hydrogen) atoms. The molecule has 0 aliphatic carbocycles. The zero-order chi connectivity index (χ0) is 16.9. The van der Waals surface area contributed by atoms with Gasteiger partial charge in [-0.1, -0.05) is 24.3 Å². The van der Waals surface area contributed by atoms with Gasteiger partial charge >= 0.3 is 6.09 Å². The number of piperidine rings is 1. The van der Waals surface area contributed by atoms with Gasteiger partial charge in [-0.3, -0.25) is 0 Å². The Bertz CT molecular complexity index is 525. The lowest BCUT2D eigenvalue weighted by atomic mass is 10.0. The highest BCUT2D eigenvalue weighted by molar-refractivity contribution is 5.68. The second kappa shape index (κ2) is 7.79. The molecule has 1 heterocycles. The van der Waals surface area contributed by atoms with E-state index in [2.05, 4.69) is 5.32 Å². The molecular weight excluding hydrogens is 292 g/mol. The number of nitrogens with one attached hydrogen (secondary N) is 1. The quantitative estimate of drug-likeness (QED) is 0.895. The molecule has 2 rings (SSSR count). The van der Waals surface area contributed by atoms with E-state index in [1.165, 1.54) is 0 Å². The second-order valence-corrected chi connectivity index (χ2v) is 7.07. The van der Waals surface area contributed by atoms with Crippen LogP contribution in [-0.2, 0) is 17.9 Å². The fraction of sp³-hybridized carbons (Fsp3) is 0.611. The van der Waals surface area contributed by atoms with Gasteiger partial charge < -0.3 is 20.1 Å². The predicted octanol–water partition coefficient (Wildman–Crippen LogP) is 2.67. The van der Waals surface area contributed by atoms with Crippen LogP contribution < -0.4 is 5.32 Å². The number of benzene rings is 1. The first-order valence-electron chi connectivity index (χ1n) is 8.28. The van der Waals surface area contributed by atoms with Crippen molar-refractivity contribution >= 4 is 6.09 Å². The number of amides is 1. The average Bonchev–Trinajstić information content (AvgIpc) is 2.52. The van der Waals surface area contributed by atoms with Crippen LogP contribution in [0.5, 0.6) is 0 Å². The van der Waals surface area contributed by atoms with E-state index in [0.29, 0.717) is 13.1 Å². The predicted molar refractivity (Wildman–Crippen MR) is 90.0 cm³/mol. The van der Waals surface area contributed by atoms with Crippen molar-refractivity contribution in [1.29, 1.82) is 0 Å². The maximum absolute atomic E-state index is 12.2. The molecule has 1 amide bonds. The zero-order valence-electron chi connectivity index (χ0n) is 14.3. The molecule has 1 atom stereocenters. The standard InChI is InChI=1S/C18H28N2O3/c1-18(2,3)23-17(22)20-10-6-9-16(12-20)19-11-14-7-4-5-8-15(14)13-21/h4-5,7-8,16,19,21H,6,9-13H2,1-3H3/t16-/m0/s1. The Kier molecular flexibility index (Phi) is 6.02. The highest BCUT2D eigenvalue weighted by atomic mass is 16.6. The minimum absolute atomic E-state index is 0.0482. The van der Waals surface area contributed by atoms with Crippen LogP contribution in [-0.4, -0.2) is 40.8 Å². The maximum Gasteiger partial charge on any atom is 0.410 e. The molecule has 0 bridgehead atoms. The molecule has 0 spiro atoms. The largest absolute Gasteiger partial charge is 0.444 e. The van der Waals surface area contributed by atoms with Gasteiger partial charge in [0.15, 0.2) is 0 Å². The summed E-state index contributed by atoms with van der Waals surface area (Å²) in [6, 6.07) is 8.12. The molecule has 0 aromatic heterocycles. The summed E-state index contributed by atoms with van der Waals surface area (Å²) in [6.45, 7) is 7.82. The third-order valence-electron chi connectivity index (χ3n) is 3.94. The normalized spacial score (nSPS) is 18.8. The number of aliphatic hydroxyl groups is 1. The van der Waals surface area contributed by atoms with Gasteiger partial charge in [-0.2, -0.15) is 0 Å². The van der Waals surface area contributed by atoms with Crippen molar-refractivity contribution in [3.05, 3.63) is 35.4 Å². The summed E-state index contributed by atoms with van der Waals surface area (Å²) in [4.78, 5) is 14.0. The molecular formula is C18H28N2O3. The zero-order valence-corrected chi connectivity index (χ0v) is 14.3. The first kappa shape index (κ1) is 17.8. The Morgan fingerprint density at radius 1 is 1.35 bits per heavy atom. The van der Waals surface area contributed by atoms with Gasteiger partial charge in [0.1, 0.15) is 5.60 Å². The van der Waals surface area contributed by atoms with Crippen LogP contribution >= 0.6 is 0 Å². The minimum Gasteiger partial charge on any atom is -0.444 e. The van der Waals surface area contributed by atoms with Gasteiger partial charge in [-0.25, -0.2) is 4.79 Å². The highest BCUT2D eigenvalue weighted by Gasteiger charge is 2.27. The Balaban J connectivity index is 1.88.